The van der Waals surface area contributed by atoms with E-state index in [1.165, 1.54) is 14.2 Å². The number of alkyl halides is 2. The molecule has 4 nitrogen and oxygen atoms in total. The van der Waals surface area contributed by atoms with Gasteiger partial charge in [0.25, 0.3) is 0 Å². The summed E-state index contributed by atoms with van der Waals surface area (Å²) in [4.78, 5) is 12.0. The first kappa shape index (κ1) is 18.0. The number of nitrogens with one attached hydrogen (secondary N) is 1. The highest BCUT2D eigenvalue weighted by molar-refractivity contribution is 6.35. The molecule has 0 fully saturated rings. The van der Waals surface area contributed by atoms with Crippen LogP contribution in [0.25, 0.3) is 0 Å². The number of ether oxygens (including phenoxy) is 2. The van der Waals surface area contributed by atoms with Crippen LogP contribution in [0.4, 0.5) is 0 Å². The molecule has 0 aliphatic heterocycles. The van der Waals surface area contributed by atoms with E-state index in [1.807, 2.05) is 30.3 Å². The molecular weight excluding hydrogens is 337 g/mol. The van der Waals surface area contributed by atoms with Crippen molar-refractivity contribution in [3.63, 3.8) is 0 Å². The van der Waals surface area contributed by atoms with E-state index in [2.05, 4.69) is 5.32 Å². The normalized spacial score (nSPS) is 26.7. The summed E-state index contributed by atoms with van der Waals surface area (Å²) in [6.45, 7) is 0.330. The molecule has 2 atom stereocenters. The molecule has 1 aromatic carbocycles. The molecule has 2 unspecified atom stereocenters. The summed E-state index contributed by atoms with van der Waals surface area (Å²) in [5.41, 5.74) is 1.75. The predicted molar refractivity (Wildman–Crippen MR) is 91.6 cm³/mol. The van der Waals surface area contributed by atoms with Gasteiger partial charge in [0.2, 0.25) is 16.0 Å². The van der Waals surface area contributed by atoms with Gasteiger partial charge in [-0.25, -0.2) is 0 Å². The Labute approximate surface area is 146 Å². The minimum absolute atomic E-state index is 0.0717. The zero-order valence-corrected chi connectivity index (χ0v) is 14.5. The van der Waals surface area contributed by atoms with Crippen LogP contribution in [0.5, 0.6) is 0 Å². The second-order valence-electron chi connectivity index (χ2n) is 5.19. The maximum Gasteiger partial charge on any atom is 0.224 e. The van der Waals surface area contributed by atoms with Gasteiger partial charge in [0.1, 0.15) is 0 Å². The molecule has 0 aromatic heterocycles. The Morgan fingerprint density at radius 3 is 2.39 bits per heavy atom. The zero-order valence-electron chi connectivity index (χ0n) is 13.0. The number of hydrogen-bond donors (Lipinski definition) is 1. The van der Waals surface area contributed by atoms with Crippen LogP contribution in [0.15, 0.2) is 54.1 Å². The van der Waals surface area contributed by atoms with Crippen LogP contribution in [0.2, 0.25) is 0 Å². The van der Waals surface area contributed by atoms with Crippen molar-refractivity contribution in [3.05, 3.63) is 59.7 Å². The average Bonchev–Trinajstić information content (AvgIpc) is 2.57. The molecule has 0 bridgehead atoms. The lowest BCUT2D eigenvalue weighted by Crippen LogP contribution is -2.48. The Balaban J connectivity index is 1.97. The Kier molecular flexibility index (Phi) is 5.87. The van der Waals surface area contributed by atoms with E-state index in [0.29, 0.717) is 13.0 Å². The van der Waals surface area contributed by atoms with Gasteiger partial charge in [-0.2, -0.15) is 0 Å². The van der Waals surface area contributed by atoms with Gasteiger partial charge in [0, 0.05) is 20.8 Å². The molecule has 1 aliphatic rings. The van der Waals surface area contributed by atoms with E-state index in [4.69, 9.17) is 32.7 Å². The summed E-state index contributed by atoms with van der Waals surface area (Å²) in [6.07, 6.45) is 5.35. The van der Waals surface area contributed by atoms with E-state index in [1.54, 1.807) is 18.2 Å². The smallest absolute Gasteiger partial charge is 0.224 e. The number of amides is 1. The van der Waals surface area contributed by atoms with Crippen molar-refractivity contribution in [2.45, 2.75) is 16.5 Å². The lowest BCUT2D eigenvalue weighted by atomic mass is 10.0. The molecule has 1 N–H and O–H groups in total. The first-order valence-electron chi connectivity index (χ1n) is 7.12. The summed E-state index contributed by atoms with van der Waals surface area (Å²) in [5, 5.41) is 0.225. The van der Waals surface area contributed by atoms with Gasteiger partial charge in [0.05, 0.1) is 6.42 Å². The van der Waals surface area contributed by atoms with Crippen LogP contribution in [0.3, 0.4) is 0 Å². The van der Waals surface area contributed by atoms with Crippen LogP contribution < -0.4 is 5.32 Å². The van der Waals surface area contributed by atoms with Crippen LogP contribution in [-0.2, 0) is 20.7 Å². The average molecular weight is 356 g/mol. The van der Waals surface area contributed by atoms with Crippen LogP contribution in [0, 0.1) is 0 Å². The first-order valence-corrected chi connectivity index (χ1v) is 7.88. The number of carbonyl (C=O) groups is 1. The van der Waals surface area contributed by atoms with Crippen molar-refractivity contribution in [3.8, 4) is 0 Å². The third-order valence-electron chi connectivity index (χ3n) is 3.64. The number of rotatable bonds is 6. The Morgan fingerprint density at radius 1 is 1.13 bits per heavy atom. The summed E-state index contributed by atoms with van der Waals surface area (Å²) in [6, 6.07) is 9.54. The lowest BCUT2D eigenvalue weighted by molar-refractivity contribution is -0.120. The Morgan fingerprint density at radius 2 is 1.78 bits per heavy atom. The molecule has 2 rings (SSSR count). The highest BCUT2D eigenvalue weighted by Crippen LogP contribution is 2.42. The van der Waals surface area contributed by atoms with E-state index >= 15 is 0 Å². The van der Waals surface area contributed by atoms with Gasteiger partial charge in [-0.15, -0.1) is 0 Å². The van der Waals surface area contributed by atoms with Crippen LogP contribution in [0.1, 0.15) is 5.56 Å². The van der Waals surface area contributed by atoms with Crippen molar-refractivity contribution in [1.82, 2.24) is 5.32 Å². The van der Waals surface area contributed by atoms with Gasteiger partial charge in [-0.1, -0.05) is 59.6 Å². The van der Waals surface area contributed by atoms with Gasteiger partial charge < -0.3 is 14.8 Å². The van der Waals surface area contributed by atoms with E-state index in [0.717, 1.165) is 11.1 Å². The van der Waals surface area contributed by atoms with Crippen LogP contribution >= 0.6 is 23.2 Å². The highest BCUT2D eigenvalue weighted by atomic mass is 35.5. The second kappa shape index (κ2) is 7.49. The number of halogens is 2. The predicted octanol–water partition coefficient (Wildman–Crippen LogP) is 3.00. The molecule has 6 heteroatoms. The van der Waals surface area contributed by atoms with Crippen LogP contribution in [-0.4, -0.2) is 36.8 Å². The minimum atomic E-state index is -1.34. The van der Waals surface area contributed by atoms with Gasteiger partial charge in [-0.3, -0.25) is 4.79 Å². The third-order valence-corrected chi connectivity index (χ3v) is 4.84. The molecule has 1 aliphatic carbocycles. The molecular formula is C17H19Cl2NO3. The molecule has 124 valence electrons. The van der Waals surface area contributed by atoms with Crippen molar-refractivity contribution in [2.75, 3.05) is 20.8 Å². The molecule has 0 radical (unpaired) electrons. The Hall–Kier alpha value is -1.33. The summed E-state index contributed by atoms with van der Waals surface area (Å²) in [7, 11) is 2.90. The topological polar surface area (TPSA) is 47.6 Å². The fourth-order valence-electron chi connectivity index (χ4n) is 2.27. The third kappa shape index (κ3) is 4.15. The maximum absolute atomic E-state index is 12.0. The van der Waals surface area contributed by atoms with Gasteiger partial charge >= 0.3 is 0 Å². The minimum Gasteiger partial charge on any atom is -0.355 e. The fraction of sp³-hybridized carbons (Fsp3) is 0.353. The van der Waals surface area contributed by atoms with Crippen molar-refractivity contribution < 1.29 is 14.3 Å². The fourth-order valence-corrected chi connectivity index (χ4v) is 2.75. The Bertz CT molecular complexity index is 618. The summed E-state index contributed by atoms with van der Waals surface area (Å²) in [5.74, 6) is -0.0717. The molecule has 23 heavy (non-hydrogen) atoms. The van der Waals surface area contributed by atoms with Gasteiger partial charge in [0.15, 0.2) is 0 Å². The number of methoxy groups -OCH3 is 2. The SMILES string of the molecule is COC1(Cl)C=CC(CNC(=O)Cc2ccccc2)=CC1(Cl)OC. The van der Waals surface area contributed by atoms with Crippen molar-refractivity contribution in [2.24, 2.45) is 0 Å². The van der Waals surface area contributed by atoms with Gasteiger partial charge in [-0.05, 0) is 23.3 Å². The van der Waals surface area contributed by atoms with Crippen molar-refractivity contribution in [1.29, 1.82) is 0 Å². The standard InChI is InChI=1S/C17H19Cl2NO3/c1-22-16(18)9-8-14(11-17(16,19)23-2)12-20-15(21)10-13-6-4-3-5-7-13/h3-9,11H,10,12H2,1-2H3,(H,20,21). The molecule has 1 aromatic rings. The van der Waals surface area contributed by atoms with E-state index in [9.17, 15) is 4.79 Å². The quantitative estimate of drug-likeness (QED) is 0.798. The largest absolute Gasteiger partial charge is 0.355 e. The molecule has 0 spiro atoms. The van der Waals surface area contributed by atoms with Crippen molar-refractivity contribution >= 4 is 29.1 Å². The second-order valence-corrected chi connectivity index (χ2v) is 6.31. The molecule has 0 saturated heterocycles. The summed E-state index contributed by atoms with van der Waals surface area (Å²) < 4.78 is 10.5. The molecule has 0 saturated carbocycles. The summed E-state index contributed by atoms with van der Waals surface area (Å²) >= 11 is 12.7. The number of carbonyl (C=O) groups excluding carboxylic acids is 1. The molecule has 1 amide bonds. The van der Waals surface area contributed by atoms with E-state index < -0.39 is 10.1 Å². The monoisotopic (exact) mass is 355 g/mol. The highest BCUT2D eigenvalue weighted by Gasteiger charge is 2.49. The first-order chi connectivity index (χ1) is 10.9. The number of benzene rings is 1. The number of hydrogen-bond acceptors (Lipinski definition) is 3. The molecule has 0 heterocycles. The maximum atomic E-state index is 12.0. The van der Waals surface area contributed by atoms with E-state index in [-0.39, 0.29) is 5.91 Å². The lowest BCUT2D eigenvalue weighted by Gasteiger charge is -2.38. The zero-order chi connectivity index (χ0) is 16.9.